The van der Waals surface area contributed by atoms with Crippen molar-refractivity contribution in [1.82, 2.24) is 4.57 Å². The SMILES string of the molecule is CCOC(=O)c1cn(C2CC2)c2cc(C3CCC3)c(F)cc2c1=O. The van der Waals surface area contributed by atoms with Gasteiger partial charge in [0, 0.05) is 17.6 Å². The maximum atomic E-state index is 14.5. The Hall–Kier alpha value is -2.17. The Morgan fingerprint density at radius 1 is 1.29 bits per heavy atom. The molecule has 24 heavy (non-hydrogen) atoms. The average molecular weight is 329 g/mol. The van der Waals surface area contributed by atoms with Crippen LogP contribution in [0.4, 0.5) is 4.39 Å². The molecule has 2 aliphatic rings. The highest BCUT2D eigenvalue weighted by atomic mass is 19.1. The minimum atomic E-state index is -0.637. The lowest BCUT2D eigenvalue weighted by atomic mass is 9.79. The maximum absolute atomic E-state index is 14.5. The van der Waals surface area contributed by atoms with Crippen LogP contribution in [0.2, 0.25) is 0 Å². The third-order valence-corrected chi connectivity index (χ3v) is 5.13. The van der Waals surface area contributed by atoms with E-state index in [1.54, 1.807) is 13.1 Å². The number of hydrogen-bond acceptors (Lipinski definition) is 3. The lowest BCUT2D eigenvalue weighted by Crippen LogP contribution is -2.21. The smallest absolute Gasteiger partial charge is 0.343 e. The van der Waals surface area contributed by atoms with Crippen molar-refractivity contribution < 1.29 is 13.9 Å². The molecule has 4 nitrogen and oxygen atoms in total. The summed E-state index contributed by atoms with van der Waals surface area (Å²) in [5.41, 5.74) is 0.983. The van der Waals surface area contributed by atoms with Crippen LogP contribution in [0, 0.1) is 5.82 Å². The number of nitrogens with zero attached hydrogens (tertiary/aromatic N) is 1. The summed E-state index contributed by atoms with van der Waals surface area (Å²) in [7, 11) is 0. The molecule has 0 N–H and O–H groups in total. The van der Waals surface area contributed by atoms with E-state index in [0.717, 1.165) is 37.6 Å². The first-order valence-electron chi connectivity index (χ1n) is 8.65. The molecule has 126 valence electrons. The summed E-state index contributed by atoms with van der Waals surface area (Å²) < 4.78 is 21.5. The summed E-state index contributed by atoms with van der Waals surface area (Å²) >= 11 is 0. The van der Waals surface area contributed by atoms with Gasteiger partial charge in [-0.25, -0.2) is 9.18 Å². The first-order chi connectivity index (χ1) is 11.6. The monoisotopic (exact) mass is 329 g/mol. The van der Waals surface area contributed by atoms with Crippen molar-refractivity contribution in [1.29, 1.82) is 0 Å². The van der Waals surface area contributed by atoms with Gasteiger partial charge in [0.2, 0.25) is 5.43 Å². The van der Waals surface area contributed by atoms with E-state index < -0.39 is 11.4 Å². The van der Waals surface area contributed by atoms with Crippen LogP contribution < -0.4 is 5.43 Å². The van der Waals surface area contributed by atoms with Crippen molar-refractivity contribution in [2.24, 2.45) is 0 Å². The van der Waals surface area contributed by atoms with Crippen molar-refractivity contribution in [3.8, 4) is 0 Å². The summed E-state index contributed by atoms with van der Waals surface area (Å²) in [4.78, 5) is 24.8. The number of esters is 1. The zero-order valence-electron chi connectivity index (χ0n) is 13.7. The number of carbonyl (C=O) groups is 1. The fraction of sp³-hybridized carbons (Fsp3) is 0.474. The molecule has 0 amide bonds. The number of ether oxygens (including phenoxy) is 1. The zero-order valence-corrected chi connectivity index (χ0v) is 13.7. The normalized spacial score (nSPS) is 17.8. The van der Waals surface area contributed by atoms with Crippen LogP contribution in [0.3, 0.4) is 0 Å². The predicted molar refractivity (Wildman–Crippen MR) is 89.0 cm³/mol. The molecule has 2 aromatic rings. The quantitative estimate of drug-likeness (QED) is 0.799. The van der Waals surface area contributed by atoms with E-state index in [1.165, 1.54) is 6.07 Å². The fourth-order valence-corrected chi connectivity index (χ4v) is 3.43. The van der Waals surface area contributed by atoms with Crippen molar-refractivity contribution in [2.45, 2.75) is 51.0 Å². The molecular weight excluding hydrogens is 309 g/mol. The Balaban J connectivity index is 1.94. The number of halogens is 1. The lowest BCUT2D eigenvalue weighted by molar-refractivity contribution is 0.0524. The molecule has 0 saturated heterocycles. The largest absolute Gasteiger partial charge is 0.462 e. The minimum Gasteiger partial charge on any atom is -0.462 e. The van der Waals surface area contributed by atoms with Gasteiger partial charge in [-0.15, -0.1) is 0 Å². The van der Waals surface area contributed by atoms with Gasteiger partial charge in [0.05, 0.1) is 12.1 Å². The number of carbonyl (C=O) groups excluding carboxylic acids is 1. The van der Waals surface area contributed by atoms with Crippen molar-refractivity contribution in [2.75, 3.05) is 6.61 Å². The molecular formula is C19H20FNO3. The van der Waals surface area contributed by atoms with Crippen LogP contribution >= 0.6 is 0 Å². The highest BCUT2D eigenvalue weighted by molar-refractivity contribution is 5.94. The van der Waals surface area contributed by atoms with Gasteiger partial charge in [-0.05, 0) is 56.2 Å². The number of pyridine rings is 1. The first-order valence-corrected chi connectivity index (χ1v) is 8.65. The molecule has 0 radical (unpaired) electrons. The van der Waals surface area contributed by atoms with Crippen LogP contribution in [-0.2, 0) is 4.74 Å². The number of benzene rings is 1. The molecule has 1 heterocycles. The lowest BCUT2D eigenvalue weighted by Gasteiger charge is -2.27. The number of rotatable bonds is 4. The molecule has 4 rings (SSSR count). The molecule has 0 bridgehead atoms. The number of fused-ring (bicyclic) bond motifs is 1. The van der Waals surface area contributed by atoms with E-state index in [0.29, 0.717) is 5.56 Å². The number of hydrogen-bond donors (Lipinski definition) is 0. The van der Waals surface area contributed by atoms with Gasteiger partial charge < -0.3 is 9.30 Å². The second-order valence-electron chi connectivity index (χ2n) is 6.75. The van der Waals surface area contributed by atoms with E-state index >= 15 is 0 Å². The maximum Gasteiger partial charge on any atom is 0.343 e. The summed E-state index contributed by atoms with van der Waals surface area (Å²) in [5, 5.41) is 0.271. The molecule has 1 aromatic heterocycles. The summed E-state index contributed by atoms with van der Waals surface area (Å²) in [6.45, 7) is 1.90. The van der Waals surface area contributed by atoms with Crippen molar-refractivity contribution >= 4 is 16.9 Å². The average Bonchev–Trinajstić information content (AvgIpc) is 3.32. The Labute approximate surface area is 139 Å². The summed E-state index contributed by atoms with van der Waals surface area (Å²) in [6.07, 6.45) is 6.74. The molecule has 1 aromatic carbocycles. The minimum absolute atomic E-state index is 0.00737. The van der Waals surface area contributed by atoms with E-state index in [9.17, 15) is 14.0 Å². The molecule has 2 aliphatic carbocycles. The third-order valence-electron chi connectivity index (χ3n) is 5.13. The van der Waals surface area contributed by atoms with Crippen LogP contribution in [0.25, 0.3) is 10.9 Å². The molecule has 2 saturated carbocycles. The topological polar surface area (TPSA) is 48.3 Å². The van der Waals surface area contributed by atoms with Gasteiger partial charge in [0.1, 0.15) is 11.4 Å². The summed E-state index contributed by atoms with van der Waals surface area (Å²) in [6, 6.07) is 3.41. The second-order valence-corrected chi connectivity index (χ2v) is 6.75. The molecule has 0 unspecified atom stereocenters. The Morgan fingerprint density at radius 3 is 2.62 bits per heavy atom. The summed E-state index contributed by atoms with van der Waals surface area (Å²) in [5.74, 6) is -0.725. The van der Waals surface area contributed by atoms with Crippen LogP contribution in [0.5, 0.6) is 0 Å². The van der Waals surface area contributed by atoms with Gasteiger partial charge in [0.25, 0.3) is 0 Å². The van der Waals surface area contributed by atoms with Gasteiger partial charge >= 0.3 is 5.97 Å². The highest BCUT2D eigenvalue weighted by Gasteiger charge is 2.29. The van der Waals surface area contributed by atoms with Crippen LogP contribution in [0.15, 0.2) is 23.1 Å². The van der Waals surface area contributed by atoms with Gasteiger partial charge in [-0.1, -0.05) is 6.42 Å². The first kappa shape index (κ1) is 15.4. The van der Waals surface area contributed by atoms with Gasteiger partial charge in [-0.3, -0.25) is 4.79 Å². The second kappa shape index (κ2) is 5.72. The van der Waals surface area contributed by atoms with E-state index in [2.05, 4.69) is 0 Å². The Morgan fingerprint density at radius 2 is 2.04 bits per heavy atom. The standard InChI is InChI=1S/C19H20FNO3/c1-2-24-19(23)15-10-21(12-6-7-12)17-9-13(11-4-3-5-11)16(20)8-14(17)18(15)22/h8-12H,2-7H2,1H3. The molecule has 5 heteroatoms. The highest BCUT2D eigenvalue weighted by Crippen LogP contribution is 2.41. The molecule has 0 atom stereocenters. The zero-order chi connectivity index (χ0) is 16.8. The molecule has 0 spiro atoms. The Bertz CT molecular complexity index is 878. The van der Waals surface area contributed by atoms with Crippen molar-refractivity contribution in [3.05, 3.63) is 45.5 Å². The van der Waals surface area contributed by atoms with E-state index in [4.69, 9.17) is 4.74 Å². The van der Waals surface area contributed by atoms with Crippen LogP contribution in [-0.4, -0.2) is 17.1 Å². The fourth-order valence-electron chi connectivity index (χ4n) is 3.43. The Kier molecular flexibility index (Phi) is 3.66. The van der Waals surface area contributed by atoms with Crippen LogP contribution in [0.1, 0.15) is 66.9 Å². The van der Waals surface area contributed by atoms with E-state index in [1.807, 2.05) is 10.6 Å². The predicted octanol–water partition coefficient (Wildman–Crippen LogP) is 3.92. The third kappa shape index (κ3) is 2.43. The van der Waals surface area contributed by atoms with Gasteiger partial charge in [0.15, 0.2) is 0 Å². The van der Waals surface area contributed by atoms with Crippen molar-refractivity contribution in [3.63, 3.8) is 0 Å². The number of aromatic nitrogens is 1. The molecule has 2 fully saturated rings. The van der Waals surface area contributed by atoms with E-state index in [-0.39, 0.29) is 35.3 Å². The van der Waals surface area contributed by atoms with Gasteiger partial charge in [-0.2, -0.15) is 0 Å². The molecule has 0 aliphatic heterocycles.